The quantitative estimate of drug-likeness (QED) is 0.137. The van der Waals surface area contributed by atoms with Gasteiger partial charge >= 0.3 is 6.18 Å². The van der Waals surface area contributed by atoms with Crippen molar-refractivity contribution in [3.8, 4) is 107 Å². The van der Waals surface area contributed by atoms with Crippen molar-refractivity contribution in [3.05, 3.63) is 296 Å². The molecule has 9 heteroatoms. The molecule has 15 aromatic rings. The van der Waals surface area contributed by atoms with E-state index in [0.29, 0.717) is 44.5 Å². The molecule has 0 aliphatic rings. The number of hydrogen-bond donors (Lipinski definition) is 0. The van der Waals surface area contributed by atoms with E-state index in [1.165, 1.54) is 6.07 Å². The lowest BCUT2D eigenvalue weighted by atomic mass is 9.95. The molecule has 3 heterocycles. The Hall–Kier alpha value is -11.5. The Morgan fingerprint density at radius 2 is 0.651 bits per heavy atom. The highest BCUT2D eigenvalue weighted by molar-refractivity contribution is 6.14. The minimum absolute atomic E-state index is 0.129. The van der Waals surface area contributed by atoms with E-state index in [1.807, 2.05) is 168 Å². The lowest BCUT2D eigenvalue weighted by Crippen LogP contribution is -2.13. The van der Waals surface area contributed by atoms with Crippen LogP contribution in [0, 0.1) is 11.3 Å². The molecule has 406 valence electrons. The Bertz CT molecular complexity index is 4950. The maximum atomic E-state index is 16.4. The van der Waals surface area contributed by atoms with Gasteiger partial charge in [-0.3, -0.25) is 0 Å². The molecule has 0 atom stereocenters. The number of aromatic nitrogens is 5. The molecule has 12 aromatic carbocycles. The fourth-order valence-electron chi connectivity index (χ4n) is 12.3. The van der Waals surface area contributed by atoms with Gasteiger partial charge in [-0.1, -0.05) is 206 Å². The van der Waals surface area contributed by atoms with Gasteiger partial charge < -0.3 is 9.13 Å². The van der Waals surface area contributed by atoms with Crippen LogP contribution >= 0.6 is 0 Å². The number of hydrogen-bond acceptors (Lipinski definition) is 4. The van der Waals surface area contributed by atoms with Gasteiger partial charge in [0.2, 0.25) is 0 Å². The van der Waals surface area contributed by atoms with E-state index in [0.717, 1.165) is 83.2 Å². The standard InChI is InChI=1S/C77H47F3N6/c78-77(79,80)65-32-18-34-71(86-68-41-37-57(52-24-10-3-11-25-52)46-63(68)64-47-58(38-42-69(64)86)53-26-12-4-13-27-53)73(65)76-83-74(54-28-14-5-15-29-54)82-75(84-76)72-60(59-30-16-19-49(43-59)48-81)31-17-33-70(72)85-66-39-35-55(50-20-6-1-7-21-50)44-61(66)62-45-56(36-40-67(62)85)51-22-8-2-9-23-51/h1-47H. The van der Waals surface area contributed by atoms with Crippen LogP contribution in [0.3, 0.4) is 0 Å². The van der Waals surface area contributed by atoms with Crippen molar-refractivity contribution in [2.24, 2.45) is 0 Å². The summed E-state index contributed by atoms with van der Waals surface area (Å²) in [5, 5.41) is 14.1. The first-order valence-electron chi connectivity index (χ1n) is 28.3. The summed E-state index contributed by atoms with van der Waals surface area (Å²) in [6, 6.07) is 95.1. The number of fused-ring (bicyclic) bond motifs is 6. The van der Waals surface area contributed by atoms with Gasteiger partial charge in [-0.25, -0.2) is 15.0 Å². The Balaban J connectivity index is 1.04. The van der Waals surface area contributed by atoms with Crippen LogP contribution in [0.1, 0.15) is 11.1 Å². The van der Waals surface area contributed by atoms with E-state index in [1.54, 1.807) is 12.1 Å². The molecule has 3 aromatic heterocycles. The van der Waals surface area contributed by atoms with Gasteiger partial charge in [0, 0.05) is 27.1 Å². The normalized spacial score (nSPS) is 11.7. The van der Waals surface area contributed by atoms with Crippen molar-refractivity contribution in [2.75, 3.05) is 0 Å². The van der Waals surface area contributed by atoms with Crippen molar-refractivity contribution in [1.29, 1.82) is 5.26 Å². The molecule has 15 rings (SSSR count). The van der Waals surface area contributed by atoms with Crippen LogP contribution in [0.25, 0.3) is 145 Å². The van der Waals surface area contributed by atoms with E-state index < -0.39 is 11.7 Å². The molecule has 0 aliphatic heterocycles. The summed E-state index contributed by atoms with van der Waals surface area (Å²) in [6.07, 6.45) is -4.87. The highest BCUT2D eigenvalue weighted by Crippen LogP contribution is 2.47. The minimum Gasteiger partial charge on any atom is -0.308 e. The molecule has 86 heavy (non-hydrogen) atoms. The van der Waals surface area contributed by atoms with Crippen LogP contribution in [0.5, 0.6) is 0 Å². The highest BCUT2D eigenvalue weighted by atomic mass is 19.4. The summed E-state index contributed by atoms with van der Waals surface area (Å²) in [6.45, 7) is 0. The minimum atomic E-state index is -4.87. The van der Waals surface area contributed by atoms with Crippen LogP contribution in [-0.2, 0) is 6.18 Å². The third-order valence-electron chi connectivity index (χ3n) is 16.2. The molecule has 0 amide bonds. The van der Waals surface area contributed by atoms with Gasteiger partial charge in [0.1, 0.15) is 0 Å². The van der Waals surface area contributed by atoms with Crippen molar-refractivity contribution < 1.29 is 13.2 Å². The third kappa shape index (κ3) is 9.05. The first kappa shape index (κ1) is 51.4. The Labute approximate surface area is 493 Å². The van der Waals surface area contributed by atoms with Gasteiger partial charge in [0.25, 0.3) is 0 Å². The second-order valence-corrected chi connectivity index (χ2v) is 21.3. The third-order valence-corrected chi connectivity index (χ3v) is 16.2. The molecule has 0 radical (unpaired) electrons. The summed E-state index contributed by atoms with van der Waals surface area (Å²) in [7, 11) is 0. The topological polar surface area (TPSA) is 72.3 Å². The van der Waals surface area contributed by atoms with Crippen LogP contribution < -0.4 is 0 Å². The van der Waals surface area contributed by atoms with Crippen LogP contribution in [0.2, 0.25) is 0 Å². The maximum Gasteiger partial charge on any atom is 0.417 e. The number of benzene rings is 12. The van der Waals surface area contributed by atoms with Crippen LogP contribution in [-0.4, -0.2) is 24.1 Å². The van der Waals surface area contributed by atoms with Crippen LogP contribution in [0.15, 0.2) is 285 Å². The summed E-state index contributed by atoms with van der Waals surface area (Å²) >= 11 is 0. The summed E-state index contributed by atoms with van der Waals surface area (Å²) < 4.78 is 53.3. The molecule has 6 nitrogen and oxygen atoms in total. The molecule has 0 spiro atoms. The molecule has 0 aliphatic carbocycles. The zero-order chi connectivity index (χ0) is 57.9. The lowest BCUT2D eigenvalue weighted by molar-refractivity contribution is -0.137. The lowest BCUT2D eigenvalue weighted by Gasteiger charge is -2.21. The number of nitriles is 1. The second-order valence-electron chi connectivity index (χ2n) is 21.3. The predicted molar refractivity (Wildman–Crippen MR) is 342 cm³/mol. The first-order valence-corrected chi connectivity index (χ1v) is 28.3. The first-order chi connectivity index (χ1) is 42.2. The number of halogens is 3. The Morgan fingerprint density at radius 3 is 1.06 bits per heavy atom. The average molecular weight is 1110 g/mol. The maximum absolute atomic E-state index is 16.4. The van der Waals surface area contributed by atoms with Crippen LogP contribution in [0.4, 0.5) is 13.2 Å². The number of nitrogens with zero attached hydrogens (tertiary/aromatic N) is 6. The average Bonchev–Trinajstić information content (AvgIpc) is 1.65. The van der Waals surface area contributed by atoms with Crippen molar-refractivity contribution in [2.45, 2.75) is 6.18 Å². The van der Waals surface area contributed by atoms with Crippen molar-refractivity contribution in [3.63, 3.8) is 0 Å². The fourth-order valence-corrected chi connectivity index (χ4v) is 12.3. The zero-order valence-corrected chi connectivity index (χ0v) is 46.0. The molecular formula is C77H47F3N6. The highest BCUT2D eigenvalue weighted by Gasteiger charge is 2.37. The SMILES string of the molecule is N#Cc1cccc(-c2cccc(-n3c4ccc(-c5ccccc5)cc4c4cc(-c5ccccc5)ccc43)c2-c2nc(-c3ccccc3)nc(-c3c(-n4c5ccc(-c6ccccc6)cc5c5cc(-c6ccccc6)ccc54)cccc3C(F)(F)F)n2)c1. The van der Waals surface area contributed by atoms with E-state index in [2.05, 4.69) is 108 Å². The van der Waals surface area contributed by atoms with E-state index in [4.69, 9.17) is 15.0 Å². The molecule has 0 N–H and O–H groups in total. The van der Waals surface area contributed by atoms with Gasteiger partial charge in [-0.05, 0) is 134 Å². The molecule has 0 unspecified atom stereocenters. The van der Waals surface area contributed by atoms with Gasteiger partial charge in [-0.2, -0.15) is 18.4 Å². The monoisotopic (exact) mass is 1110 g/mol. The molecule has 0 fully saturated rings. The van der Waals surface area contributed by atoms with Crippen molar-refractivity contribution in [1.82, 2.24) is 24.1 Å². The summed E-state index contributed by atoms with van der Waals surface area (Å²) in [5.74, 6) is 0.121. The van der Waals surface area contributed by atoms with E-state index in [9.17, 15) is 5.26 Å². The van der Waals surface area contributed by atoms with Gasteiger partial charge in [0.05, 0.1) is 61.8 Å². The molecule has 0 saturated carbocycles. The van der Waals surface area contributed by atoms with Crippen molar-refractivity contribution >= 4 is 43.6 Å². The number of alkyl halides is 3. The Morgan fingerprint density at radius 1 is 0.302 bits per heavy atom. The zero-order valence-electron chi connectivity index (χ0n) is 46.0. The van der Waals surface area contributed by atoms with Gasteiger partial charge in [0.15, 0.2) is 17.5 Å². The number of rotatable bonds is 10. The summed E-state index contributed by atoms with van der Waals surface area (Å²) in [5.41, 5.74) is 13.9. The molecular weight excluding hydrogens is 1070 g/mol. The smallest absolute Gasteiger partial charge is 0.308 e. The summed E-state index contributed by atoms with van der Waals surface area (Å²) in [4.78, 5) is 15.8. The molecule has 0 bridgehead atoms. The fraction of sp³-hybridized carbons (Fsp3) is 0.0130. The van der Waals surface area contributed by atoms with Gasteiger partial charge in [-0.15, -0.1) is 0 Å². The second kappa shape index (κ2) is 21.1. The van der Waals surface area contributed by atoms with E-state index in [-0.39, 0.29) is 28.7 Å². The predicted octanol–water partition coefficient (Wildman–Crippen LogP) is 20.3. The molecule has 0 saturated heterocycles. The largest absolute Gasteiger partial charge is 0.417 e. The van der Waals surface area contributed by atoms with E-state index >= 15 is 13.2 Å². The Kier molecular flexibility index (Phi) is 12.6.